The van der Waals surface area contributed by atoms with Crippen molar-refractivity contribution in [2.75, 3.05) is 0 Å². The summed E-state index contributed by atoms with van der Waals surface area (Å²) in [6, 6.07) is 15.9. The van der Waals surface area contributed by atoms with Crippen LogP contribution in [0.1, 0.15) is 48.7 Å². The highest BCUT2D eigenvalue weighted by molar-refractivity contribution is 6.05. The number of carbonyl (C=O) groups is 2. The van der Waals surface area contributed by atoms with E-state index in [1.807, 2.05) is 50.3 Å². The summed E-state index contributed by atoms with van der Waals surface area (Å²) in [7, 11) is 0. The molecule has 2 heterocycles. The van der Waals surface area contributed by atoms with Crippen LogP contribution < -0.4 is 5.73 Å². The SMILES string of the molecule is CC(C)c1c(C(N)=O)c(-c2ccccc2)c(-c2ccc(F)cc2)n1CC[C@@H]1CC=CC(=O)O1. The number of benzene rings is 2. The van der Waals surface area contributed by atoms with Gasteiger partial charge < -0.3 is 15.0 Å². The van der Waals surface area contributed by atoms with Crippen LogP contribution >= 0.6 is 0 Å². The maximum absolute atomic E-state index is 13.8. The molecule has 5 nitrogen and oxygen atoms in total. The molecule has 1 aliphatic rings. The van der Waals surface area contributed by atoms with E-state index in [4.69, 9.17) is 10.5 Å². The Morgan fingerprint density at radius 3 is 2.42 bits per heavy atom. The van der Waals surface area contributed by atoms with Crippen molar-refractivity contribution in [3.63, 3.8) is 0 Å². The standard InChI is InChI=1S/C27H27FN2O3/c1-17(2)25-24(27(29)32)23(18-7-4-3-5-8-18)26(19-11-13-20(28)14-12-19)30(25)16-15-21-9-6-10-22(31)33-21/h3-8,10-14,17,21H,9,15-16H2,1-2H3,(H2,29,32)/t21-/m0/s1. The molecule has 0 saturated carbocycles. The zero-order valence-electron chi connectivity index (χ0n) is 18.8. The fourth-order valence-corrected chi connectivity index (χ4v) is 4.53. The highest BCUT2D eigenvalue weighted by Gasteiger charge is 2.29. The van der Waals surface area contributed by atoms with Gasteiger partial charge in [0.15, 0.2) is 0 Å². The number of cyclic esters (lactones) is 1. The van der Waals surface area contributed by atoms with E-state index in [9.17, 15) is 14.0 Å². The lowest BCUT2D eigenvalue weighted by Crippen LogP contribution is -2.22. The zero-order chi connectivity index (χ0) is 23.5. The summed E-state index contributed by atoms with van der Waals surface area (Å²) in [5.74, 6) is -1.19. The van der Waals surface area contributed by atoms with Gasteiger partial charge in [-0.05, 0) is 41.3 Å². The molecule has 1 aliphatic heterocycles. The highest BCUT2D eigenvalue weighted by atomic mass is 19.1. The molecule has 2 aromatic carbocycles. The molecule has 3 aromatic rings. The quantitative estimate of drug-likeness (QED) is 0.491. The first-order valence-electron chi connectivity index (χ1n) is 11.1. The molecule has 0 aliphatic carbocycles. The number of amides is 1. The first kappa shape index (κ1) is 22.5. The van der Waals surface area contributed by atoms with Gasteiger partial charge in [0.2, 0.25) is 0 Å². The van der Waals surface area contributed by atoms with Crippen molar-refractivity contribution in [2.45, 2.75) is 45.3 Å². The lowest BCUT2D eigenvalue weighted by Gasteiger charge is -2.22. The predicted molar refractivity (Wildman–Crippen MR) is 126 cm³/mol. The Bertz CT molecular complexity index is 1190. The molecule has 0 fully saturated rings. The molecular formula is C27H27FN2O3. The van der Waals surface area contributed by atoms with Gasteiger partial charge in [-0.15, -0.1) is 0 Å². The van der Waals surface area contributed by atoms with Crippen molar-refractivity contribution in [3.8, 4) is 22.4 Å². The Labute approximate surface area is 192 Å². The second-order valence-corrected chi connectivity index (χ2v) is 8.51. The topological polar surface area (TPSA) is 74.3 Å². The average molecular weight is 447 g/mol. The van der Waals surface area contributed by atoms with E-state index in [0.717, 1.165) is 28.1 Å². The van der Waals surface area contributed by atoms with Gasteiger partial charge >= 0.3 is 5.97 Å². The predicted octanol–water partition coefficient (Wildman–Crippen LogP) is 5.45. The number of hydrogen-bond acceptors (Lipinski definition) is 3. The van der Waals surface area contributed by atoms with Gasteiger partial charge in [0.05, 0.1) is 11.3 Å². The van der Waals surface area contributed by atoms with Crippen molar-refractivity contribution >= 4 is 11.9 Å². The summed E-state index contributed by atoms with van der Waals surface area (Å²) in [5, 5.41) is 0. The molecule has 0 saturated heterocycles. The number of nitrogens with two attached hydrogens (primary N) is 1. The molecular weight excluding hydrogens is 419 g/mol. The first-order valence-corrected chi connectivity index (χ1v) is 11.1. The van der Waals surface area contributed by atoms with Gasteiger partial charge in [-0.25, -0.2) is 9.18 Å². The summed E-state index contributed by atoms with van der Waals surface area (Å²) in [4.78, 5) is 24.5. The third kappa shape index (κ3) is 4.60. The van der Waals surface area contributed by atoms with Crippen molar-refractivity contribution in [2.24, 2.45) is 5.73 Å². The summed E-state index contributed by atoms with van der Waals surface area (Å²) in [6.07, 6.45) is 4.23. The van der Waals surface area contributed by atoms with Crippen LogP contribution in [0.4, 0.5) is 4.39 Å². The van der Waals surface area contributed by atoms with Crippen LogP contribution in [0.5, 0.6) is 0 Å². The molecule has 6 heteroatoms. The Kier molecular flexibility index (Phi) is 6.45. The van der Waals surface area contributed by atoms with E-state index in [-0.39, 0.29) is 23.8 Å². The minimum absolute atomic E-state index is 0.00189. The smallest absolute Gasteiger partial charge is 0.330 e. The Morgan fingerprint density at radius 1 is 1.12 bits per heavy atom. The average Bonchev–Trinajstić information content (AvgIpc) is 3.14. The van der Waals surface area contributed by atoms with Crippen LogP contribution in [0.3, 0.4) is 0 Å². The van der Waals surface area contributed by atoms with Crippen LogP contribution in [0, 0.1) is 5.82 Å². The minimum atomic E-state index is -0.508. The molecule has 170 valence electrons. The van der Waals surface area contributed by atoms with E-state index in [2.05, 4.69) is 4.57 Å². The number of halogens is 1. The van der Waals surface area contributed by atoms with E-state index in [0.29, 0.717) is 24.9 Å². The first-order chi connectivity index (χ1) is 15.9. The zero-order valence-corrected chi connectivity index (χ0v) is 18.8. The van der Waals surface area contributed by atoms with E-state index < -0.39 is 5.91 Å². The van der Waals surface area contributed by atoms with Gasteiger partial charge in [-0.3, -0.25) is 4.79 Å². The van der Waals surface area contributed by atoms with Crippen molar-refractivity contribution < 1.29 is 18.7 Å². The molecule has 33 heavy (non-hydrogen) atoms. The summed E-state index contributed by atoms with van der Waals surface area (Å²) in [6.45, 7) is 4.55. The lowest BCUT2D eigenvalue weighted by atomic mass is 9.94. The Balaban J connectivity index is 1.94. The molecule has 0 bridgehead atoms. The summed E-state index contributed by atoms with van der Waals surface area (Å²) < 4.78 is 21.3. The molecule has 0 spiro atoms. The van der Waals surface area contributed by atoms with E-state index >= 15 is 0 Å². The van der Waals surface area contributed by atoms with Gasteiger partial charge in [0, 0.05) is 36.7 Å². The van der Waals surface area contributed by atoms with E-state index in [1.54, 1.807) is 12.1 Å². The van der Waals surface area contributed by atoms with Gasteiger partial charge in [0.1, 0.15) is 11.9 Å². The van der Waals surface area contributed by atoms with Gasteiger partial charge in [-0.2, -0.15) is 0 Å². The Morgan fingerprint density at radius 2 is 1.82 bits per heavy atom. The minimum Gasteiger partial charge on any atom is -0.459 e. The fourth-order valence-electron chi connectivity index (χ4n) is 4.53. The number of rotatable bonds is 7. The summed E-state index contributed by atoms with van der Waals surface area (Å²) >= 11 is 0. The molecule has 0 radical (unpaired) electrons. The Hall–Kier alpha value is -3.67. The molecule has 1 aromatic heterocycles. The molecule has 2 N–H and O–H groups in total. The number of hydrogen-bond donors (Lipinski definition) is 1. The van der Waals surface area contributed by atoms with Gasteiger partial charge in [0.25, 0.3) is 5.91 Å². The second kappa shape index (κ2) is 9.45. The number of primary amides is 1. The van der Waals surface area contributed by atoms with Crippen LogP contribution in [0.2, 0.25) is 0 Å². The number of aromatic nitrogens is 1. The maximum Gasteiger partial charge on any atom is 0.330 e. The van der Waals surface area contributed by atoms with Gasteiger partial charge in [-0.1, -0.05) is 50.3 Å². The van der Waals surface area contributed by atoms with E-state index in [1.165, 1.54) is 18.2 Å². The van der Waals surface area contributed by atoms with Crippen molar-refractivity contribution in [3.05, 3.63) is 83.8 Å². The number of carbonyl (C=O) groups excluding carboxylic acids is 2. The van der Waals surface area contributed by atoms with Crippen LogP contribution in [-0.4, -0.2) is 22.5 Å². The molecule has 4 rings (SSSR count). The van der Waals surface area contributed by atoms with Crippen LogP contribution in [0.25, 0.3) is 22.4 Å². The largest absolute Gasteiger partial charge is 0.459 e. The molecule has 1 atom stereocenters. The molecule has 0 unspecified atom stereocenters. The fraction of sp³-hybridized carbons (Fsp3) is 0.259. The van der Waals surface area contributed by atoms with Crippen molar-refractivity contribution in [1.82, 2.24) is 4.57 Å². The summed E-state index contributed by atoms with van der Waals surface area (Å²) in [5.41, 5.74) is 10.4. The number of ether oxygens (including phenoxy) is 1. The molecule has 1 amide bonds. The van der Waals surface area contributed by atoms with Crippen LogP contribution in [0.15, 0.2) is 66.7 Å². The second-order valence-electron chi connectivity index (χ2n) is 8.51. The van der Waals surface area contributed by atoms with Crippen molar-refractivity contribution in [1.29, 1.82) is 0 Å². The lowest BCUT2D eigenvalue weighted by molar-refractivity contribution is -0.144. The monoisotopic (exact) mass is 446 g/mol. The normalized spacial score (nSPS) is 15.6. The maximum atomic E-state index is 13.8. The number of nitrogens with zero attached hydrogens (tertiary/aromatic N) is 1. The van der Waals surface area contributed by atoms with Crippen LogP contribution in [-0.2, 0) is 16.1 Å². The third-order valence-corrected chi connectivity index (χ3v) is 5.89. The number of esters is 1. The highest BCUT2D eigenvalue weighted by Crippen LogP contribution is 2.42. The third-order valence-electron chi connectivity index (χ3n) is 5.89.